The Balaban J connectivity index is 1.41. The molecule has 1 aliphatic heterocycles. The molecular weight excluding hydrogens is 578 g/mol. The molecule has 4 aromatic heterocycles. The lowest BCUT2D eigenvalue weighted by Gasteiger charge is -2.28. The van der Waals surface area contributed by atoms with Gasteiger partial charge >= 0.3 is 0 Å². The van der Waals surface area contributed by atoms with Crippen LogP contribution in [-0.2, 0) is 0 Å². The molecule has 228 valence electrons. The summed E-state index contributed by atoms with van der Waals surface area (Å²) in [6.45, 7) is 8.14. The number of aryl methyl sites for hydroxylation is 1. The summed E-state index contributed by atoms with van der Waals surface area (Å²) in [5, 5.41) is 3.51. The minimum absolute atomic E-state index is 0.574. The molecule has 0 amide bonds. The molecule has 5 heterocycles. The Bertz CT molecular complexity index is 2430. The summed E-state index contributed by atoms with van der Waals surface area (Å²) in [6, 6.07) is 35.8. The molecule has 0 spiro atoms. The Labute approximate surface area is 272 Å². The van der Waals surface area contributed by atoms with E-state index in [4.69, 9.17) is 19.9 Å². The zero-order chi connectivity index (χ0) is 31.5. The first-order chi connectivity index (χ1) is 23.2. The summed E-state index contributed by atoms with van der Waals surface area (Å²) in [4.78, 5) is 23.8. The fraction of sp³-hybridized carbons (Fsp3) is 0.150. The molecule has 1 fully saturated rings. The van der Waals surface area contributed by atoms with Crippen molar-refractivity contribution in [3.63, 3.8) is 0 Å². The lowest BCUT2D eigenvalue weighted by Crippen LogP contribution is -2.31. The van der Waals surface area contributed by atoms with Crippen LogP contribution in [0.4, 0.5) is 5.82 Å². The van der Waals surface area contributed by atoms with Crippen molar-refractivity contribution in [1.82, 2.24) is 29.1 Å². The van der Waals surface area contributed by atoms with E-state index in [1.165, 1.54) is 17.2 Å². The Morgan fingerprint density at radius 2 is 1.19 bits per heavy atom. The smallest absolute Gasteiger partial charge is 0.238 e. The van der Waals surface area contributed by atoms with Crippen molar-refractivity contribution in [2.24, 2.45) is 0 Å². The molecule has 9 rings (SSSR count). The van der Waals surface area contributed by atoms with Crippen LogP contribution in [0.25, 0.3) is 73.0 Å². The van der Waals surface area contributed by atoms with Crippen molar-refractivity contribution in [3.05, 3.63) is 121 Å². The number of benzene rings is 4. The topological polar surface area (TPSA) is 64.7 Å². The first kappa shape index (κ1) is 27.5. The predicted molar refractivity (Wildman–Crippen MR) is 193 cm³/mol. The molecule has 47 heavy (non-hydrogen) atoms. The Kier molecular flexibility index (Phi) is 6.38. The molecule has 7 heteroatoms. The maximum absolute atomic E-state index is 5.52. The minimum atomic E-state index is 0.574. The first-order valence-corrected chi connectivity index (χ1v) is 16.3. The van der Waals surface area contributed by atoms with Crippen LogP contribution in [0, 0.1) is 6.92 Å². The van der Waals surface area contributed by atoms with Gasteiger partial charge in [-0.25, -0.2) is 9.97 Å². The number of hydrogen-bond donors (Lipinski definition) is 0. The fourth-order valence-electron chi connectivity index (χ4n) is 7.32. The van der Waals surface area contributed by atoms with Gasteiger partial charge in [0.25, 0.3) is 0 Å². The average Bonchev–Trinajstić information content (AvgIpc) is 3.63. The lowest BCUT2D eigenvalue weighted by molar-refractivity contribution is 0.574. The van der Waals surface area contributed by atoms with Crippen LogP contribution in [-0.4, -0.2) is 42.2 Å². The summed E-state index contributed by atoms with van der Waals surface area (Å²) in [7, 11) is 0. The van der Waals surface area contributed by atoms with Crippen LogP contribution in [0.1, 0.15) is 30.5 Å². The number of para-hydroxylation sites is 3. The van der Waals surface area contributed by atoms with Crippen LogP contribution in [0.15, 0.2) is 110 Å². The third kappa shape index (κ3) is 4.27. The number of piperidine rings is 1. The van der Waals surface area contributed by atoms with E-state index in [2.05, 4.69) is 112 Å². The SMILES string of the molecule is C=Cc1c(C)c2ccccc2n1-c1nc(N2CCCCC2)c2nc(-n3c4ccccc4c4ccccc43)c(-c3ccccc3)nc2n1. The maximum Gasteiger partial charge on any atom is 0.238 e. The van der Waals surface area contributed by atoms with Crippen molar-refractivity contribution in [2.45, 2.75) is 26.2 Å². The van der Waals surface area contributed by atoms with Crippen LogP contribution in [0.5, 0.6) is 0 Å². The fourth-order valence-corrected chi connectivity index (χ4v) is 7.32. The normalized spacial score (nSPS) is 13.7. The van der Waals surface area contributed by atoms with Crippen LogP contribution >= 0.6 is 0 Å². The lowest BCUT2D eigenvalue weighted by atomic mass is 10.1. The van der Waals surface area contributed by atoms with Gasteiger partial charge in [0.15, 0.2) is 22.8 Å². The van der Waals surface area contributed by atoms with Gasteiger partial charge in [-0.15, -0.1) is 0 Å². The maximum atomic E-state index is 5.52. The highest BCUT2D eigenvalue weighted by Gasteiger charge is 2.26. The molecule has 0 unspecified atom stereocenters. The Hall–Kier alpha value is -5.82. The van der Waals surface area contributed by atoms with E-state index in [9.17, 15) is 0 Å². The monoisotopic (exact) mass is 611 g/mol. The number of anilines is 1. The third-order valence-corrected chi connectivity index (χ3v) is 9.54. The standard InChI is InChI=1S/C40H33N7/c1-3-31-26(2)28-18-8-11-21-32(28)47(31)40-43-37-36(38(44-40)45-24-14-5-15-25-45)42-39(35(41-37)27-16-6-4-7-17-27)46-33-22-12-9-19-29(33)30-20-10-13-23-34(30)46/h3-4,6-13,16-23H,1,5,14-15,24-25H2,2H3. The Morgan fingerprint density at radius 3 is 1.85 bits per heavy atom. The Morgan fingerprint density at radius 1 is 0.596 bits per heavy atom. The van der Waals surface area contributed by atoms with Crippen LogP contribution < -0.4 is 4.90 Å². The molecule has 1 saturated heterocycles. The van der Waals surface area contributed by atoms with Gasteiger partial charge in [-0.3, -0.25) is 9.13 Å². The van der Waals surface area contributed by atoms with E-state index in [0.717, 1.165) is 82.0 Å². The summed E-state index contributed by atoms with van der Waals surface area (Å²) < 4.78 is 4.38. The average molecular weight is 612 g/mol. The first-order valence-electron chi connectivity index (χ1n) is 16.3. The van der Waals surface area contributed by atoms with Gasteiger partial charge in [0.1, 0.15) is 5.69 Å². The molecule has 0 radical (unpaired) electrons. The van der Waals surface area contributed by atoms with Gasteiger partial charge < -0.3 is 4.90 Å². The zero-order valence-corrected chi connectivity index (χ0v) is 26.3. The van der Waals surface area contributed by atoms with Crippen molar-refractivity contribution in [1.29, 1.82) is 0 Å². The molecule has 7 nitrogen and oxygen atoms in total. The van der Waals surface area contributed by atoms with Crippen molar-refractivity contribution < 1.29 is 0 Å². The van der Waals surface area contributed by atoms with Crippen LogP contribution in [0.3, 0.4) is 0 Å². The summed E-state index contributed by atoms with van der Waals surface area (Å²) in [5.74, 6) is 2.17. The number of fused-ring (bicyclic) bond motifs is 5. The molecule has 0 atom stereocenters. The summed E-state index contributed by atoms with van der Waals surface area (Å²) in [5.41, 5.74) is 8.38. The second-order valence-electron chi connectivity index (χ2n) is 12.3. The van der Waals surface area contributed by atoms with E-state index in [-0.39, 0.29) is 0 Å². The van der Waals surface area contributed by atoms with Crippen molar-refractivity contribution >= 4 is 55.8 Å². The van der Waals surface area contributed by atoms with Gasteiger partial charge in [0.2, 0.25) is 5.95 Å². The van der Waals surface area contributed by atoms with E-state index in [0.29, 0.717) is 17.1 Å². The van der Waals surface area contributed by atoms with Gasteiger partial charge in [-0.2, -0.15) is 9.97 Å². The molecule has 0 bridgehead atoms. The number of aromatic nitrogens is 6. The third-order valence-electron chi connectivity index (χ3n) is 9.54. The molecule has 0 N–H and O–H groups in total. The minimum Gasteiger partial charge on any atom is -0.355 e. The second kappa shape index (κ2) is 10.9. The van der Waals surface area contributed by atoms with E-state index < -0.39 is 0 Å². The largest absolute Gasteiger partial charge is 0.355 e. The molecular formula is C40H33N7. The highest BCUT2D eigenvalue weighted by atomic mass is 15.3. The zero-order valence-electron chi connectivity index (χ0n) is 26.3. The molecule has 1 aliphatic rings. The molecule has 8 aromatic rings. The number of nitrogens with zero attached hydrogens (tertiary/aromatic N) is 7. The van der Waals surface area contributed by atoms with E-state index >= 15 is 0 Å². The van der Waals surface area contributed by atoms with E-state index in [1.807, 2.05) is 24.3 Å². The highest BCUT2D eigenvalue weighted by molar-refractivity contribution is 6.09. The van der Waals surface area contributed by atoms with Crippen molar-refractivity contribution in [3.8, 4) is 23.0 Å². The quantitative estimate of drug-likeness (QED) is 0.194. The molecule has 4 aromatic carbocycles. The summed E-state index contributed by atoms with van der Waals surface area (Å²) in [6.07, 6.45) is 5.33. The van der Waals surface area contributed by atoms with Crippen molar-refractivity contribution in [2.75, 3.05) is 18.0 Å². The van der Waals surface area contributed by atoms with Gasteiger partial charge in [0.05, 0.1) is 22.2 Å². The molecule has 0 aliphatic carbocycles. The highest BCUT2D eigenvalue weighted by Crippen LogP contribution is 2.37. The molecule has 0 saturated carbocycles. The van der Waals surface area contributed by atoms with Gasteiger partial charge in [-0.1, -0.05) is 91.5 Å². The van der Waals surface area contributed by atoms with Crippen LogP contribution in [0.2, 0.25) is 0 Å². The van der Waals surface area contributed by atoms with E-state index in [1.54, 1.807) is 0 Å². The van der Waals surface area contributed by atoms with Gasteiger partial charge in [-0.05, 0) is 56.0 Å². The number of hydrogen-bond acceptors (Lipinski definition) is 5. The van der Waals surface area contributed by atoms with Gasteiger partial charge in [0, 0.05) is 34.8 Å². The predicted octanol–water partition coefficient (Wildman–Crippen LogP) is 9.07. The second-order valence-corrected chi connectivity index (χ2v) is 12.3. The summed E-state index contributed by atoms with van der Waals surface area (Å²) >= 11 is 0. The number of rotatable bonds is 5.